The van der Waals surface area contributed by atoms with E-state index in [1.807, 2.05) is 0 Å². The maximum atomic E-state index is 14.7. The normalized spacial score (nSPS) is 20.9. The molecule has 1 saturated carbocycles. The van der Waals surface area contributed by atoms with Crippen LogP contribution in [0.25, 0.3) is 11.1 Å². The second-order valence-corrected chi connectivity index (χ2v) is 8.76. The highest BCUT2D eigenvalue weighted by atomic mass is 19.4. The highest BCUT2D eigenvalue weighted by Crippen LogP contribution is 2.37. The van der Waals surface area contributed by atoms with Crippen LogP contribution in [-0.4, -0.2) is 0 Å². The molecule has 0 N–H and O–H groups in total. The molecule has 1 fully saturated rings. The zero-order chi connectivity index (χ0) is 21.9. The van der Waals surface area contributed by atoms with Crippen molar-refractivity contribution < 1.29 is 22.0 Å². The first kappa shape index (κ1) is 22.8. The number of hydrogen-bond donors (Lipinski definition) is 0. The zero-order valence-electron chi connectivity index (χ0n) is 17.5. The van der Waals surface area contributed by atoms with Gasteiger partial charge in [0.15, 0.2) is 0 Å². The second-order valence-electron chi connectivity index (χ2n) is 8.76. The summed E-state index contributed by atoms with van der Waals surface area (Å²) in [6, 6.07) is 6.57. The van der Waals surface area contributed by atoms with Gasteiger partial charge in [0, 0.05) is 0 Å². The SMILES string of the molecule is CCCC1CCC(C(C)Cc2cc(F)c(-c3ccc(C(F)(F)F)cc3)c(F)c2)CC1. The highest BCUT2D eigenvalue weighted by molar-refractivity contribution is 5.65. The molecular weight excluding hydrogens is 395 g/mol. The van der Waals surface area contributed by atoms with Crippen molar-refractivity contribution in [3.63, 3.8) is 0 Å². The molecule has 1 aliphatic rings. The van der Waals surface area contributed by atoms with Gasteiger partial charge in [-0.05, 0) is 72.4 Å². The molecule has 3 rings (SSSR count). The molecule has 0 spiro atoms. The summed E-state index contributed by atoms with van der Waals surface area (Å²) < 4.78 is 67.6. The minimum Gasteiger partial charge on any atom is -0.206 e. The Hall–Kier alpha value is -1.91. The van der Waals surface area contributed by atoms with Gasteiger partial charge in [-0.2, -0.15) is 13.2 Å². The molecule has 0 aromatic heterocycles. The topological polar surface area (TPSA) is 0 Å². The van der Waals surface area contributed by atoms with Crippen molar-refractivity contribution in [1.82, 2.24) is 0 Å². The summed E-state index contributed by atoms with van der Waals surface area (Å²) in [5.74, 6) is 0.255. The van der Waals surface area contributed by atoms with Crippen molar-refractivity contribution in [2.45, 2.75) is 65.0 Å². The smallest absolute Gasteiger partial charge is 0.206 e. The van der Waals surface area contributed by atoms with E-state index in [2.05, 4.69) is 13.8 Å². The zero-order valence-corrected chi connectivity index (χ0v) is 17.5. The van der Waals surface area contributed by atoms with Gasteiger partial charge >= 0.3 is 6.18 Å². The number of rotatable bonds is 6. The lowest BCUT2D eigenvalue weighted by atomic mass is 9.73. The Kier molecular flexibility index (Phi) is 7.20. The van der Waals surface area contributed by atoms with Crippen molar-refractivity contribution in [2.24, 2.45) is 17.8 Å². The quantitative estimate of drug-likeness (QED) is 0.408. The van der Waals surface area contributed by atoms with Crippen LogP contribution in [0.1, 0.15) is 63.5 Å². The number of halogens is 5. The van der Waals surface area contributed by atoms with E-state index in [0.717, 1.165) is 30.2 Å². The highest BCUT2D eigenvalue weighted by Gasteiger charge is 2.30. The van der Waals surface area contributed by atoms with Crippen molar-refractivity contribution in [3.8, 4) is 11.1 Å². The van der Waals surface area contributed by atoms with Crippen LogP contribution >= 0.6 is 0 Å². The van der Waals surface area contributed by atoms with Crippen LogP contribution in [0, 0.1) is 29.4 Å². The summed E-state index contributed by atoms with van der Waals surface area (Å²) in [5, 5.41) is 0. The largest absolute Gasteiger partial charge is 0.416 e. The molecule has 0 bridgehead atoms. The van der Waals surface area contributed by atoms with Crippen LogP contribution in [0.15, 0.2) is 36.4 Å². The van der Waals surface area contributed by atoms with Gasteiger partial charge in [0.2, 0.25) is 0 Å². The Morgan fingerprint density at radius 2 is 1.50 bits per heavy atom. The first-order valence-electron chi connectivity index (χ1n) is 10.8. The Bertz CT molecular complexity index is 807. The van der Waals surface area contributed by atoms with E-state index in [1.54, 1.807) is 0 Å². The van der Waals surface area contributed by atoms with Crippen LogP contribution in [0.5, 0.6) is 0 Å². The van der Waals surface area contributed by atoms with E-state index in [0.29, 0.717) is 23.8 Å². The average Bonchev–Trinajstić information content (AvgIpc) is 2.68. The minimum atomic E-state index is -4.48. The van der Waals surface area contributed by atoms with E-state index in [-0.39, 0.29) is 11.1 Å². The molecule has 0 heterocycles. The molecular formula is C25H29F5. The molecule has 0 nitrogen and oxygen atoms in total. The monoisotopic (exact) mass is 424 g/mol. The maximum absolute atomic E-state index is 14.7. The molecule has 30 heavy (non-hydrogen) atoms. The van der Waals surface area contributed by atoms with E-state index < -0.39 is 23.4 Å². The second kappa shape index (κ2) is 9.49. The van der Waals surface area contributed by atoms with Gasteiger partial charge in [-0.1, -0.05) is 51.7 Å². The van der Waals surface area contributed by atoms with Crippen molar-refractivity contribution in [2.75, 3.05) is 0 Å². The van der Waals surface area contributed by atoms with Crippen molar-refractivity contribution in [1.29, 1.82) is 0 Å². The Morgan fingerprint density at radius 1 is 0.933 bits per heavy atom. The molecule has 1 atom stereocenters. The summed E-state index contributed by atoms with van der Waals surface area (Å²) in [7, 11) is 0. The van der Waals surface area contributed by atoms with Crippen LogP contribution in [0.4, 0.5) is 22.0 Å². The lowest BCUT2D eigenvalue weighted by Gasteiger charge is -2.32. The predicted octanol–water partition coefficient (Wildman–Crippen LogP) is 8.44. The number of hydrogen-bond acceptors (Lipinski definition) is 0. The molecule has 1 aliphatic carbocycles. The van der Waals surface area contributed by atoms with Crippen LogP contribution in [0.2, 0.25) is 0 Å². The molecule has 2 aromatic rings. The summed E-state index contributed by atoms with van der Waals surface area (Å²) in [6.07, 6.45) is 3.42. The molecule has 0 aliphatic heterocycles. The maximum Gasteiger partial charge on any atom is 0.416 e. The molecule has 5 heteroatoms. The van der Waals surface area contributed by atoms with Gasteiger partial charge in [-0.25, -0.2) is 8.78 Å². The lowest BCUT2D eigenvalue weighted by molar-refractivity contribution is -0.137. The predicted molar refractivity (Wildman–Crippen MR) is 110 cm³/mol. The van der Waals surface area contributed by atoms with E-state index in [9.17, 15) is 22.0 Å². The Balaban J connectivity index is 1.70. The summed E-state index contributed by atoms with van der Waals surface area (Å²) in [5.41, 5.74) is -0.415. The van der Waals surface area contributed by atoms with Gasteiger partial charge in [-0.3, -0.25) is 0 Å². The molecule has 0 radical (unpaired) electrons. The lowest BCUT2D eigenvalue weighted by Crippen LogP contribution is -2.21. The minimum absolute atomic E-state index is 0.104. The van der Waals surface area contributed by atoms with E-state index >= 15 is 0 Å². The third-order valence-corrected chi connectivity index (χ3v) is 6.55. The number of benzene rings is 2. The van der Waals surface area contributed by atoms with Gasteiger partial charge < -0.3 is 0 Å². The van der Waals surface area contributed by atoms with Gasteiger partial charge in [0.25, 0.3) is 0 Å². The van der Waals surface area contributed by atoms with Gasteiger partial charge in [-0.15, -0.1) is 0 Å². The number of alkyl halides is 3. The van der Waals surface area contributed by atoms with E-state index in [1.165, 1.54) is 50.7 Å². The van der Waals surface area contributed by atoms with Crippen molar-refractivity contribution >= 4 is 0 Å². The fourth-order valence-electron chi connectivity index (χ4n) is 4.84. The Labute approximate surface area is 175 Å². The van der Waals surface area contributed by atoms with Gasteiger partial charge in [0.05, 0.1) is 11.1 Å². The van der Waals surface area contributed by atoms with E-state index in [4.69, 9.17) is 0 Å². The standard InChI is InChI=1S/C25H29F5/c1-3-4-17-5-7-19(8-6-17)16(2)13-18-14-22(26)24(23(27)15-18)20-9-11-21(12-10-20)25(28,29)30/h9-12,14-17,19H,3-8,13H2,1-2H3. The van der Waals surface area contributed by atoms with Crippen molar-refractivity contribution in [3.05, 3.63) is 59.2 Å². The molecule has 0 saturated heterocycles. The third-order valence-electron chi connectivity index (χ3n) is 6.55. The average molecular weight is 424 g/mol. The van der Waals surface area contributed by atoms with Gasteiger partial charge in [0.1, 0.15) is 11.6 Å². The molecule has 2 aromatic carbocycles. The Morgan fingerprint density at radius 3 is 2.00 bits per heavy atom. The van der Waals surface area contributed by atoms with Crippen LogP contribution in [-0.2, 0) is 12.6 Å². The molecule has 0 amide bonds. The summed E-state index contributed by atoms with van der Waals surface area (Å²) in [4.78, 5) is 0. The first-order chi connectivity index (χ1) is 14.2. The third kappa shape index (κ3) is 5.41. The molecule has 1 unspecified atom stereocenters. The summed E-state index contributed by atoms with van der Waals surface area (Å²) in [6.45, 7) is 4.36. The fourth-order valence-corrected chi connectivity index (χ4v) is 4.84. The summed E-state index contributed by atoms with van der Waals surface area (Å²) >= 11 is 0. The first-order valence-corrected chi connectivity index (χ1v) is 10.8. The molecule has 164 valence electrons. The van der Waals surface area contributed by atoms with Crippen LogP contribution in [0.3, 0.4) is 0 Å². The van der Waals surface area contributed by atoms with Crippen LogP contribution < -0.4 is 0 Å². The fraction of sp³-hybridized carbons (Fsp3) is 0.520.